The van der Waals surface area contributed by atoms with Gasteiger partial charge in [0.1, 0.15) is 11.9 Å². The summed E-state index contributed by atoms with van der Waals surface area (Å²) in [7, 11) is 1.79. The van der Waals surface area contributed by atoms with E-state index in [4.69, 9.17) is 30.5 Å². The minimum atomic E-state index is -5.08. The number of carboxylic acid groups (broad SMARTS) is 1. The lowest BCUT2D eigenvalue weighted by molar-refractivity contribution is -0.192. The van der Waals surface area contributed by atoms with Gasteiger partial charge >= 0.3 is 12.1 Å². The number of nitrogen functional groups attached to an aromatic ring is 1. The molecule has 226 valence electrons. The molecule has 0 aliphatic carbocycles. The molecule has 0 aromatic heterocycles. The van der Waals surface area contributed by atoms with Crippen LogP contribution >= 0.6 is 0 Å². The highest BCUT2D eigenvalue weighted by Crippen LogP contribution is 2.33. The Balaban J connectivity index is 0.000000782. The number of nitrogens with two attached hydrogens (primary N) is 1. The third-order valence-corrected chi connectivity index (χ3v) is 5.40. The van der Waals surface area contributed by atoms with Crippen LogP contribution in [0.4, 0.5) is 24.5 Å². The first-order chi connectivity index (χ1) is 19.7. The topological polar surface area (TPSA) is 150 Å². The Morgan fingerprint density at radius 1 is 1.02 bits per heavy atom. The third-order valence-electron chi connectivity index (χ3n) is 5.40. The van der Waals surface area contributed by atoms with Crippen molar-refractivity contribution in [1.29, 1.82) is 5.41 Å². The summed E-state index contributed by atoms with van der Waals surface area (Å²) in [5, 5.41) is 19.7. The lowest BCUT2D eigenvalue weighted by atomic mass is 10.0. The lowest BCUT2D eigenvalue weighted by Crippen LogP contribution is -2.43. The molecule has 1 atom stereocenters. The second-order valence-electron chi connectivity index (χ2n) is 9.05. The highest BCUT2D eigenvalue weighted by molar-refractivity contribution is 5.95. The Hall–Kier alpha value is -4.94. The molecule has 1 unspecified atom stereocenters. The summed E-state index contributed by atoms with van der Waals surface area (Å²) < 4.78 is 43.4. The van der Waals surface area contributed by atoms with E-state index >= 15 is 0 Å². The molecule has 0 bridgehead atoms. The van der Waals surface area contributed by atoms with E-state index in [1.807, 2.05) is 69.3 Å². The molecule has 0 fully saturated rings. The predicted octanol–water partition coefficient (Wildman–Crippen LogP) is 5.11. The lowest BCUT2D eigenvalue weighted by Gasteiger charge is -2.26. The molecule has 0 aliphatic heterocycles. The number of rotatable bonds is 11. The number of hydrazine groups is 1. The van der Waals surface area contributed by atoms with Crippen LogP contribution in [-0.4, -0.2) is 48.8 Å². The zero-order chi connectivity index (χ0) is 31.4. The zero-order valence-corrected chi connectivity index (χ0v) is 23.5. The van der Waals surface area contributed by atoms with Gasteiger partial charge in [0.05, 0.1) is 18.4 Å². The van der Waals surface area contributed by atoms with Crippen molar-refractivity contribution < 1.29 is 37.3 Å². The Morgan fingerprint density at radius 2 is 1.62 bits per heavy atom. The first-order valence-electron chi connectivity index (χ1n) is 12.8. The quantitative estimate of drug-likeness (QED) is 0.118. The zero-order valence-electron chi connectivity index (χ0n) is 23.5. The summed E-state index contributed by atoms with van der Waals surface area (Å²) in [5.74, 6) is -1.84. The molecule has 0 heterocycles. The summed E-state index contributed by atoms with van der Waals surface area (Å²) in [6.45, 7) is 6.27. The highest BCUT2D eigenvalue weighted by atomic mass is 19.4. The van der Waals surface area contributed by atoms with Gasteiger partial charge in [0, 0.05) is 18.3 Å². The van der Waals surface area contributed by atoms with Gasteiger partial charge in [-0.05, 0) is 74.9 Å². The largest absolute Gasteiger partial charge is 0.490 e. The van der Waals surface area contributed by atoms with Crippen molar-refractivity contribution in [1.82, 2.24) is 5.43 Å². The summed E-state index contributed by atoms with van der Waals surface area (Å²) in [4.78, 5) is 22.4. The fourth-order valence-electron chi connectivity index (χ4n) is 3.48. The van der Waals surface area contributed by atoms with Crippen molar-refractivity contribution >= 4 is 29.1 Å². The number of amidine groups is 1. The Kier molecular flexibility index (Phi) is 12.0. The van der Waals surface area contributed by atoms with Crippen LogP contribution in [0.2, 0.25) is 0 Å². The maximum Gasteiger partial charge on any atom is 0.490 e. The third kappa shape index (κ3) is 10.2. The summed E-state index contributed by atoms with van der Waals surface area (Å²) in [5.41, 5.74) is 11.4. The predicted molar refractivity (Wildman–Crippen MR) is 154 cm³/mol. The van der Waals surface area contributed by atoms with Crippen LogP contribution in [0.3, 0.4) is 0 Å². The van der Waals surface area contributed by atoms with Crippen molar-refractivity contribution in [2.24, 2.45) is 5.73 Å². The number of carbonyl (C=O) groups is 2. The van der Waals surface area contributed by atoms with Crippen LogP contribution < -0.4 is 31.0 Å². The van der Waals surface area contributed by atoms with E-state index in [0.717, 1.165) is 5.69 Å². The average molecular weight is 590 g/mol. The van der Waals surface area contributed by atoms with Gasteiger partial charge in [-0.1, -0.05) is 24.3 Å². The molecule has 0 saturated carbocycles. The van der Waals surface area contributed by atoms with Gasteiger partial charge in [-0.2, -0.15) is 13.2 Å². The van der Waals surface area contributed by atoms with Crippen LogP contribution in [0.25, 0.3) is 0 Å². The van der Waals surface area contributed by atoms with Gasteiger partial charge in [-0.3, -0.25) is 20.6 Å². The van der Waals surface area contributed by atoms with Gasteiger partial charge in [0.25, 0.3) is 5.91 Å². The van der Waals surface area contributed by atoms with Crippen LogP contribution in [-0.2, 0) is 9.59 Å². The van der Waals surface area contributed by atoms with Gasteiger partial charge in [-0.25, -0.2) is 4.79 Å². The number of nitrogens with one attached hydrogen (secondary N) is 3. The number of nitrogens with zero attached hydrogens (tertiary/aromatic N) is 1. The fraction of sp³-hybridized carbons (Fsp3) is 0.276. The van der Waals surface area contributed by atoms with E-state index in [1.165, 1.54) is 0 Å². The molecule has 3 aromatic carbocycles. The molecule has 0 spiro atoms. The smallest absolute Gasteiger partial charge is 0.490 e. The van der Waals surface area contributed by atoms with E-state index in [0.29, 0.717) is 34.9 Å². The Labute approximate surface area is 241 Å². The molecule has 0 radical (unpaired) electrons. The number of amides is 1. The molecule has 0 aliphatic rings. The average Bonchev–Trinajstić information content (AvgIpc) is 2.93. The van der Waals surface area contributed by atoms with Crippen LogP contribution in [0.1, 0.15) is 37.9 Å². The number of aliphatic carboxylic acids is 1. The van der Waals surface area contributed by atoms with Gasteiger partial charge in [0.2, 0.25) is 0 Å². The second kappa shape index (κ2) is 15.2. The molecule has 1 amide bonds. The molecule has 42 heavy (non-hydrogen) atoms. The van der Waals surface area contributed by atoms with Crippen LogP contribution in [0.15, 0.2) is 72.8 Å². The standard InChI is InChI=1S/C27H33N5O3.C2HF3O2/c1-5-34-24-17-20(13-16-23(24)35-18(2)3)25(30-21-14-11-19(12-15-21)26(28)29)27(33)31-32(4)22-9-7-6-8-10-22;3-2(4,5)1(6)7/h6-18,25,30H,5H2,1-4H3,(H3,28,29)(H,31,33);(H,6,7). The molecule has 10 nitrogen and oxygen atoms in total. The first-order valence-corrected chi connectivity index (χ1v) is 12.8. The summed E-state index contributed by atoms with van der Waals surface area (Å²) >= 11 is 0. The van der Waals surface area contributed by atoms with Crippen molar-refractivity contribution in [3.8, 4) is 11.5 Å². The van der Waals surface area contributed by atoms with Crippen molar-refractivity contribution in [2.45, 2.75) is 39.1 Å². The van der Waals surface area contributed by atoms with Crippen LogP contribution in [0, 0.1) is 5.41 Å². The van der Waals surface area contributed by atoms with Gasteiger partial charge in [-0.15, -0.1) is 0 Å². The Bertz CT molecular complexity index is 1340. The number of anilines is 2. The molecular weight excluding hydrogens is 555 g/mol. The number of alkyl halides is 3. The fourth-order valence-corrected chi connectivity index (χ4v) is 3.48. The SMILES string of the molecule is CCOc1cc(C(Nc2ccc(C(=N)N)cc2)C(=O)NN(C)c2ccccc2)ccc1OC(C)C.O=C(O)C(F)(F)F. The number of carboxylic acids is 1. The normalized spacial score (nSPS) is 11.4. The summed E-state index contributed by atoms with van der Waals surface area (Å²) in [6.07, 6.45) is -5.10. The van der Waals surface area contributed by atoms with Crippen molar-refractivity contribution in [2.75, 3.05) is 24.0 Å². The minimum Gasteiger partial charge on any atom is -0.490 e. The van der Waals surface area contributed by atoms with Crippen molar-refractivity contribution in [3.05, 3.63) is 83.9 Å². The van der Waals surface area contributed by atoms with E-state index in [-0.39, 0.29) is 17.8 Å². The monoisotopic (exact) mass is 589 g/mol. The van der Waals surface area contributed by atoms with E-state index < -0.39 is 18.2 Å². The highest BCUT2D eigenvalue weighted by Gasteiger charge is 2.38. The number of ether oxygens (including phenoxy) is 2. The number of hydrogen-bond acceptors (Lipinski definition) is 7. The summed E-state index contributed by atoms with van der Waals surface area (Å²) in [6, 6.07) is 21.4. The van der Waals surface area contributed by atoms with Crippen LogP contribution in [0.5, 0.6) is 11.5 Å². The number of para-hydroxylation sites is 1. The maximum absolute atomic E-state index is 13.5. The number of hydrogen-bond donors (Lipinski definition) is 5. The minimum absolute atomic E-state index is 0.0163. The van der Waals surface area contributed by atoms with Gasteiger partial charge in [0.15, 0.2) is 11.5 Å². The molecule has 6 N–H and O–H groups in total. The molecule has 3 rings (SSSR count). The second-order valence-corrected chi connectivity index (χ2v) is 9.05. The van der Waals surface area contributed by atoms with E-state index in [2.05, 4.69) is 10.7 Å². The number of carbonyl (C=O) groups excluding carboxylic acids is 1. The maximum atomic E-state index is 13.5. The van der Waals surface area contributed by atoms with E-state index in [1.54, 1.807) is 36.3 Å². The number of halogens is 3. The number of benzene rings is 3. The molecule has 13 heteroatoms. The molecule has 3 aromatic rings. The Morgan fingerprint density at radius 3 is 2.12 bits per heavy atom. The molecular formula is C29H34F3N5O5. The van der Waals surface area contributed by atoms with E-state index in [9.17, 15) is 18.0 Å². The molecule has 0 saturated heterocycles. The van der Waals surface area contributed by atoms with Gasteiger partial charge < -0.3 is 25.6 Å². The first kappa shape index (κ1) is 33.3. The van der Waals surface area contributed by atoms with Crippen molar-refractivity contribution in [3.63, 3.8) is 0 Å².